The van der Waals surface area contributed by atoms with Crippen LogP contribution in [0.5, 0.6) is 11.5 Å². The quantitative estimate of drug-likeness (QED) is 0.310. The van der Waals surface area contributed by atoms with Crippen molar-refractivity contribution in [3.05, 3.63) is 77.3 Å². The molecule has 198 valence electrons. The first-order valence-electron chi connectivity index (χ1n) is 11.2. The first-order chi connectivity index (χ1) is 18.1. The van der Waals surface area contributed by atoms with Gasteiger partial charge in [-0.25, -0.2) is 22.4 Å². The number of methoxy groups -OCH3 is 2. The highest BCUT2D eigenvalue weighted by atomic mass is 19.1. The number of hydrogen-bond acceptors (Lipinski definition) is 6. The van der Waals surface area contributed by atoms with Crippen LogP contribution in [0.4, 0.5) is 39.4 Å². The monoisotopic (exact) mass is 529 g/mol. The molecule has 0 aliphatic carbocycles. The molecule has 0 unspecified atom stereocenters. The van der Waals surface area contributed by atoms with Gasteiger partial charge in [0.1, 0.15) is 17.3 Å². The number of benzene rings is 2. The number of urea groups is 1. The Morgan fingerprint density at radius 1 is 1.03 bits per heavy atom. The Hall–Kier alpha value is -4.61. The topological polar surface area (TPSA) is 90.8 Å². The number of hydrogen-bond donors (Lipinski definition) is 2. The molecule has 0 radical (unpaired) electrons. The first-order valence-corrected chi connectivity index (χ1v) is 11.2. The number of ether oxygens (including phenoxy) is 2. The van der Waals surface area contributed by atoms with Crippen LogP contribution in [0.1, 0.15) is 18.2 Å². The van der Waals surface area contributed by atoms with E-state index in [0.29, 0.717) is 17.2 Å². The number of fused-ring (bicyclic) bond motifs is 1. The van der Waals surface area contributed by atoms with Crippen LogP contribution >= 0.6 is 0 Å². The molecule has 0 saturated carbocycles. The van der Waals surface area contributed by atoms with Crippen LogP contribution in [0.2, 0.25) is 0 Å². The molecule has 2 N–H and O–H groups in total. The molecule has 0 bridgehead atoms. The fourth-order valence-corrected chi connectivity index (χ4v) is 4.13. The van der Waals surface area contributed by atoms with Crippen molar-refractivity contribution in [1.29, 1.82) is 5.41 Å². The predicted octanol–water partition coefficient (Wildman–Crippen LogP) is 5.53. The molecule has 0 spiro atoms. The number of halogens is 4. The van der Waals surface area contributed by atoms with Gasteiger partial charge in [0.05, 0.1) is 37.8 Å². The van der Waals surface area contributed by atoms with E-state index in [1.54, 1.807) is 14.0 Å². The van der Waals surface area contributed by atoms with Crippen LogP contribution in [0.3, 0.4) is 0 Å². The Balaban J connectivity index is 1.98. The molecule has 38 heavy (non-hydrogen) atoms. The number of allylic oxidation sites excluding steroid dienone is 1. The first kappa shape index (κ1) is 26.5. The van der Waals surface area contributed by atoms with Crippen LogP contribution in [-0.2, 0) is 6.54 Å². The van der Waals surface area contributed by atoms with Crippen molar-refractivity contribution in [3.8, 4) is 11.5 Å². The van der Waals surface area contributed by atoms with Gasteiger partial charge in [0.25, 0.3) is 0 Å². The Morgan fingerprint density at radius 3 is 2.16 bits per heavy atom. The number of rotatable bonds is 7. The van der Waals surface area contributed by atoms with Crippen molar-refractivity contribution in [2.45, 2.75) is 13.5 Å². The van der Waals surface area contributed by atoms with Crippen LogP contribution in [0.25, 0.3) is 5.57 Å². The van der Waals surface area contributed by atoms with Crippen LogP contribution < -0.4 is 24.6 Å². The minimum absolute atomic E-state index is 0.159. The molecule has 2 aromatic carbocycles. The lowest BCUT2D eigenvalue weighted by Crippen LogP contribution is -2.46. The zero-order valence-electron chi connectivity index (χ0n) is 20.8. The lowest BCUT2D eigenvalue weighted by Gasteiger charge is -2.37. The second-order valence-corrected chi connectivity index (χ2v) is 8.26. The van der Waals surface area contributed by atoms with Crippen LogP contribution in [-0.4, -0.2) is 38.0 Å². The Bertz CT molecular complexity index is 1430. The maximum atomic E-state index is 15.4. The van der Waals surface area contributed by atoms with Gasteiger partial charge in [-0.1, -0.05) is 0 Å². The highest BCUT2D eigenvalue weighted by molar-refractivity contribution is 6.21. The molecule has 1 aliphatic heterocycles. The lowest BCUT2D eigenvalue weighted by atomic mass is 10.0. The van der Waals surface area contributed by atoms with Crippen molar-refractivity contribution in [1.82, 2.24) is 10.3 Å². The molecular weight excluding hydrogens is 506 g/mol. The summed E-state index contributed by atoms with van der Waals surface area (Å²) in [5.41, 5.74) is 0.321. The van der Waals surface area contributed by atoms with E-state index in [-0.39, 0.29) is 40.8 Å². The van der Waals surface area contributed by atoms with Gasteiger partial charge >= 0.3 is 6.03 Å². The molecule has 1 aromatic heterocycles. The molecule has 1 aliphatic rings. The van der Waals surface area contributed by atoms with Gasteiger partial charge in [-0.15, -0.1) is 0 Å². The largest absolute Gasteiger partial charge is 0.493 e. The van der Waals surface area contributed by atoms with Gasteiger partial charge < -0.3 is 20.2 Å². The van der Waals surface area contributed by atoms with Gasteiger partial charge in [0, 0.05) is 48.4 Å². The normalized spacial score (nSPS) is 13.4. The van der Waals surface area contributed by atoms with Crippen molar-refractivity contribution in [2.75, 3.05) is 31.1 Å². The summed E-state index contributed by atoms with van der Waals surface area (Å²) in [6.45, 7) is 1.20. The molecule has 3 aromatic rings. The number of carbonyl (C=O) groups excluding carboxylic acids is 1. The number of aromatic nitrogens is 1. The molecule has 2 amide bonds. The van der Waals surface area contributed by atoms with Crippen molar-refractivity contribution in [2.24, 2.45) is 0 Å². The van der Waals surface area contributed by atoms with E-state index in [4.69, 9.17) is 14.9 Å². The molecular formula is C26H23F4N5O3. The van der Waals surface area contributed by atoms with Gasteiger partial charge in [-0.2, -0.15) is 0 Å². The fourth-order valence-electron chi connectivity index (χ4n) is 4.13. The summed E-state index contributed by atoms with van der Waals surface area (Å²) < 4.78 is 69.2. The van der Waals surface area contributed by atoms with E-state index >= 15 is 8.78 Å². The van der Waals surface area contributed by atoms with E-state index < -0.39 is 35.0 Å². The zero-order chi connectivity index (χ0) is 27.7. The molecule has 4 rings (SSSR count). The summed E-state index contributed by atoms with van der Waals surface area (Å²) in [7, 11) is 3.97. The summed E-state index contributed by atoms with van der Waals surface area (Å²) in [5, 5.41) is 10.9. The van der Waals surface area contributed by atoms with Crippen LogP contribution in [0.15, 0.2) is 42.7 Å². The minimum Gasteiger partial charge on any atom is -0.493 e. The standard InChI is InChI=1S/C26H23F4N5O3/c1-13(31)18(11-32-2)19-8-20-14(10-33-19)12-34(25-23(29)21(37-3)9-22(38-4)24(25)30)26(36)35(20)17-6-15(27)5-16(28)7-17/h5-11,31-32H,12H2,1-4H3/b18-11+,31-13?. The Labute approximate surface area is 215 Å². The molecule has 12 heteroatoms. The molecule has 0 atom stereocenters. The molecule has 2 heterocycles. The summed E-state index contributed by atoms with van der Waals surface area (Å²) in [5.74, 6) is -5.03. The van der Waals surface area contributed by atoms with E-state index in [1.165, 1.54) is 32.7 Å². The smallest absolute Gasteiger partial charge is 0.334 e. The van der Waals surface area contributed by atoms with E-state index in [2.05, 4.69) is 10.3 Å². The van der Waals surface area contributed by atoms with Gasteiger partial charge in [0.15, 0.2) is 23.1 Å². The average molecular weight is 529 g/mol. The SMILES string of the molecule is CN/C=C(\C(C)=N)c1cc2c(cn1)CN(c1c(F)c(OC)cc(OC)c1F)C(=O)N2c1cc(F)cc(F)c1. The molecule has 0 fully saturated rings. The minimum atomic E-state index is -1.17. The van der Waals surface area contributed by atoms with Gasteiger partial charge in [0.2, 0.25) is 0 Å². The number of pyridine rings is 1. The number of carbonyl (C=O) groups is 1. The summed E-state index contributed by atoms with van der Waals surface area (Å²) in [4.78, 5) is 19.9. The van der Waals surface area contributed by atoms with E-state index in [9.17, 15) is 13.6 Å². The Morgan fingerprint density at radius 2 is 1.63 bits per heavy atom. The van der Waals surface area contributed by atoms with Crippen molar-refractivity contribution >= 4 is 34.4 Å². The Kier molecular flexibility index (Phi) is 7.24. The van der Waals surface area contributed by atoms with Gasteiger partial charge in [-0.05, 0) is 25.1 Å². The van der Waals surface area contributed by atoms with Crippen LogP contribution in [0, 0.1) is 28.7 Å². The molecule has 8 nitrogen and oxygen atoms in total. The average Bonchev–Trinajstić information content (AvgIpc) is 2.86. The highest BCUT2D eigenvalue weighted by Gasteiger charge is 2.38. The molecule has 0 saturated heterocycles. The third-order valence-electron chi connectivity index (χ3n) is 5.85. The van der Waals surface area contributed by atoms with Gasteiger partial charge in [-0.3, -0.25) is 14.8 Å². The summed E-state index contributed by atoms with van der Waals surface area (Å²) >= 11 is 0. The fraction of sp³-hybridized carbons (Fsp3) is 0.192. The lowest BCUT2D eigenvalue weighted by molar-refractivity contribution is 0.251. The van der Waals surface area contributed by atoms with Crippen molar-refractivity contribution < 1.29 is 31.8 Å². The second kappa shape index (κ2) is 10.4. The number of nitrogens with one attached hydrogen (secondary N) is 2. The third-order valence-corrected chi connectivity index (χ3v) is 5.85. The van der Waals surface area contributed by atoms with E-state index in [1.807, 2.05) is 0 Å². The zero-order valence-corrected chi connectivity index (χ0v) is 20.8. The predicted molar refractivity (Wildman–Crippen MR) is 134 cm³/mol. The number of anilines is 3. The number of amides is 2. The highest BCUT2D eigenvalue weighted by Crippen LogP contribution is 2.43. The maximum absolute atomic E-state index is 15.4. The second-order valence-electron chi connectivity index (χ2n) is 8.26. The third kappa shape index (κ3) is 4.60. The summed E-state index contributed by atoms with van der Waals surface area (Å²) in [6.07, 6.45) is 2.90. The van der Waals surface area contributed by atoms with Crippen molar-refractivity contribution in [3.63, 3.8) is 0 Å². The maximum Gasteiger partial charge on any atom is 0.334 e. The number of nitrogens with zero attached hydrogens (tertiary/aromatic N) is 3. The summed E-state index contributed by atoms with van der Waals surface area (Å²) in [6, 6.07) is 3.93. The van der Waals surface area contributed by atoms with E-state index in [0.717, 1.165) is 28.0 Å².